The van der Waals surface area contributed by atoms with Crippen LogP contribution in [0.15, 0.2) is 48.0 Å². The van der Waals surface area contributed by atoms with Crippen LogP contribution in [0.2, 0.25) is 0 Å². The van der Waals surface area contributed by atoms with E-state index in [9.17, 15) is 19.1 Å². The maximum absolute atomic E-state index is 13.1. The van der Waals surface area contributed by atoms with E-state index in [4.69, 9.17) is 17.0 Å². The summed E-state index contributed by atoms with van der Waals surface area (Å²) < 4.78 is 18.1. The van der Waals surface area contributed by atoms with Gasteiger partial charge in [0.05, 0.1) is 12.8 Å². The number of aromatic hydroxyl groups is 1. The van der Waals surface area contributed by atoms with Crippen LogP contribution in [0.5, 0.6) is 11.5 Å². The maximum Gasteiger partial charge on any atom is 0.270 e. The molecule has 26 heavy (non-hydrogen) atoms. The molecule has 2 aromatic carbocycles. The van der Waals surface area contributed by atoms with Crippen molar-refractivity contribution in [1.29, 1.82) is 0 Å². The number of nitrogens with zero attached hydrogens (tertiary/aromatic N) is 1. The number of phenolic OH excluding ortho intramolecular Hbond substituents is 1. The predicted octanol–water partition coefficient (Wildman–Crippen LogP) is 2.37. The number of para-hydroxylation sites is 1. The second kappa shape index (κ2) is 6.93. The number of hydrogen-bond donors (Lipinski definition) is 2. The van der Waals surface area contributed by atoms with E-state index in [1.54, 1.807) is 12.1 Å². The Morgan fingerprint density at radius 1 is 1.19 bits per heavy atom. The van der Waals surface area contributed by atoms with Gasteiger partial charge in [-0.25, -0.2) is 4.39 Å². The molecule has 0 unspecified atom stereocenters. The minimum Gasteiger partial charge on any atom is -0.504 e. The van der Waals surface area contributed by atoms with Crippen LogP contribution in [0, 0.1) is 5.82 Å². The smallest absolute Gasteiger partial charge is 0.270 e. The third-order valence-corrected chi connectivity index (χ3v) is 4.02. The molecule has 2 aromatic rings. The average Bonchev–Trinajstić information content (AvgIpc) is 2.61. The van der Waals surface area contributed by atoms with Crippen LogP contribution in [-0.2, 0) is 9.59 Å². The van der Waals surface area contributed by atoms with Gasteiger partial charge in [-0.2, -0.15) is 0 Å². The van der Waals surface area contributed by atoms with Crippen molar-refractivity contribution in [3.05, 3.63) is 59.4 Å². The van der Waals surface area contributed by atoms with Crippen molar-refractivity contribution in [3.63, 3.8) is 0 Å². The summed E-state index contributed by atoms with van der Waals surface area (Å²) in [6.07, 6.45) is 1.24. The third kappa shape index (κ3) is 3.14. The minimum atomic E-state index is -0.694. The van der Waals surface area contributed by atoms with E-state index in [1.807, 2.05) is 0 Å². The highest BCUT2D eigenvalue weighted by molar-refractivity contribution is 7.80. The van der Waals surface area contributed by atoms with Gasteiger partial charge in [-0.1, -0.05) is 12.1 Å². The first kappa shape index (κ1) is 17.6. The first-order valence-electron chi connectivity index (χ1n) is 7.45. The van der Waals surface area contributed by atoms with E-state index >= 15 is 0 Å². The first-order chi connectivity index (χ1) is 12.4. The second-order valence-corrected chi connectivity index (χ2v) is 5.72. The number of benzene rings is 2. The molecule has 1 fully saturated rings. The Kier molecular flexibility index (Phi) is 4.68. The molecule has 1 aliphatic rings. The van der Waals surface area contributed by atoms with Gasteiger partial charge in [-0.3, -0.25) is 19.8 Å². The van der Waals surface area contributed by atoms with Gasteiger partial charge in [-0.15, -0.1) is 0 Å². The van der Waals surface area contributed by atoms with Gasteiger partial charge in [0.25, 0.3) is 11.8 Å². The predicted molar refractivity (Wildman–Crippen MR) is 97.3 cm³/mol. The highest BCUT2D eigenvalue weighted by Crippen LogP contribution is 2.32. The third-order valence-electron chi connectivity index (χ3n) is 3.74. The Morgan fingerprint density at radius 3 is 2.54 bits per heavy atom. The molecule has 0 aliphatic carbocycles. The molecule has 3 rings (SSSR count). The molecule has 8 heteroatoms. The molecule has 132 valence electrons. The molecular formula is C18H13FN2O4S. The van der Waals surface area contributed by atoms with E-state index in [0.717, 1.165) is 4.90 Å². The molecule has 0 atom stereocenters. The standard InChI is InChI=1S/C18H13FN2O4S/c1-25-14-4-2-3-10(15(14)22)9-13-16(23)20-18(26)21(17(13)24)12-7-5-11(19)6-8-12/h2-9,22H,1H3,(H,20,23,26)/b13-9+. The molecule has 0 aromatic heterocycles. The number of rotatable bonds is 3. The number of anilines is 1. The number of halogens is 1. The summed E-state index contributed by atoms with van der Waals surface area (Å²) in [4.78, 5) is 26.1. The number of hydrogen-bond acceptors (Lipinski definition) is 5. The van der Waals surface area contributed by atoms with Gasteiger partial charge in [0.2, 0.25) is 0 Å². The fraction of sp³-hybridized carbons (Fsp3) is 0.0556. The van der Waals surface area contributed by atoms with E-state index in [-0.39, 0.29) is 27.7 Å². The normalized spacial score (nSPS) is 16.0. The van der Waals surface area contributed by atoms with E-state index < -0.39 is 17.6 Å². The summed E-state index contributed by atoms with van der Waals surface area (Å²) in [5.41, 5.74) is 0.309. The Morgan fingerprint density at radius 2 is 1.88 bits per heavy atom. The number of carbonyl (C=O) groups is 2. The van der Waals surface area contributed by atoms with Crippen LogP contribution >= 0.6 is 12.2 Å². The van der Waals surface area contributed by atoms with Crippen LogP contribution in [-0.4, -0.2) is 29.1 Å². The molecule has 0 radical (unpaired) electrons. The molecule has 1 aliphatic heterocycles. The lowest BCUT2D eigenvalue weighted by Gasteiger charge is -2.28. The number of phenols is 1. The summed E-state index contributed by atoms with van der Waals surface area (Å²) >= 11 is 5.06. The molecule has 0 bridgehead atoms. The highest BCUT2D eigenvalue weighted by Gasteiger charge is 2.34. The molecule has 2 N–H and O–H groups in total. The van der Waals surface area contributed by atoms with Crippen molar-refractivity contribution in [2.75, 3.05) is 12.0 Å². The number of methoxy groups -OCH3 is 1. The largest absolute Gasteiger partial charge is 0.504 e. The Balaban J connectivity index is 2.04. The van der Waals surface area contributed by atoms with Crippen molar-refractivity contribution < 1.29 is 23.8 Å². The fourth-order valence-corrected chi connectivity index (χ4v) is 2.74. The van der Waals surface area contributed by atoms with Gasteiger partial charge in [0.15, 0.2) is 16.6 Å². The monoisotopic (exact) mass is 372 g/mol. The number of amides is 2. The first-order valence-corrected chi connectivity index (χ1v) is 7.86. The van der Waals surface area contributed by atoms with E-state index in [1.165, 1.54) is 43.5 Å². The molecule has 0 spiro atoms. The average molecular weight is 372 g/mol. The summed E-state index contributed by atoms with van der Waals surface area (Å²) in [5.74, 6) is -1.85. The van der Waals surface area contributed by atoms with E-state index in [2.05, 4.69) is 5.32 Å². The summed E-state index contributed by atoms with van der Waals surface area (Å²) in [6.45, 7) is 0. The van der Waals surface area contributed by atoms with Gasteiger partial charge in [0.1, 0.15) is 11.4 Å². The number of ether oxygens (including phenoxy) is 1. The molecule has 1 saturated heterocycles. The number of carbonyl (C=O) groups excluding carboxylic acids is 2. The van der Waals surface area contributed by atoms with Crippen molar-refractivity contribution >= 4 is 40.9 Å². The van der Waals surface area contributed by atoms with E-state index in [0.29, 0.717) is 5.69 Å². The van der Waals surface area contributed by atoms with Crippen molar-refractivity contribution in [2.24, 2.45) is 0 Å². The Hall–Kier alpha value is -3.26. The molecule has 0 saturated carbocycles. The summed E-state index contributed by atoms with van der Waals surface area (Å²) in [5, 5.41) is 12.5. The quantitative estimate of drug-likeness (QED) is 0.491. The van der Waals surface area contributed by atoms with Crippen LogP contribution in [0.25, 0.3) is 6.08 Å². The Bertz CT molecular complexity index is 941. The van der Waals surface area contributed by atoms with Crippen molar-refractivity contribution in [1.82, 2.24) is 5.32 Å². The lowest BCUT2D eigenvalue weighted by Crippen LogP contribution is -2.54. The van der Waals surface area contributed by atoms with Gasteiger partial charge >= 0.3 is 0 Å². The lowest BCUT2D eigenvalue weighted by molar-refractivity contribution is -0.122. The lowest BCUT2D eigenvalue weighted by atomic mass is 10.1. The topological polar surface area (TPSA) is 78.9 Å². The Labute approximate surface area is 153 Å². The molecule has 2 amide bonds. The summed E-state index contributed by atoms with van der Waals surface area (Å²) in [6, 6.07) is 9.78. The number of thiocarbonyl (C=S) groups is 1. The summed E-state index contributed by atoms with van der Waals surface area (Å²) in [7, 11) is 1.39. The molecular weight excluding hydrogens is 359 g/mol. The van der Waals surface area contributed by atoms with Crippen LogP contribution in [0.1, 0.15) is 5.56 Å². The molecule has 6 nitrogen and oxygen atoms in total. The minimum absolute atomic E-state index is 0.112. The molecule has 1 heterocycles. The zero-order chi connectivity index (χ0) is 18.8. The van der Waals surface area contributed by atoms with Gasteiger partial charge < -0.3 is 9.84 Å². The van der Waals surface area contributed by atoms with Crippen molar-refractivity contribution in [3.8, 4) is 11.5 Å². The zero-order valence-electron chi connectivity index (χ0n) is 13.5. The van der Waals surface area contributed by atoms with Crippen LogP contribution in [0.4, 0.5) is 10.1 Å². The fourth-order valence-electron chi connectivity index (χ4n) is 2.46. The van der Waals surface area contributed by atoms with Crippen LogP contribution < -0.4 is 15.0 Å². The maximum atomic E-state index is 13.1. The van der Waals surface area contributed by atoms with Crippen LogP contribution in [0.3, 0.4) is 0 Å². The SMILES string of the molecule is COc1cccc(/C=C2\C(=O)NC(=S)N(c3ccc(F)cc3)C2=O)c1O. The number of nitrogens with one attached hydrogen (secondary N) is 1. The highest BCUT2D eigenvalue weighted by atomic mass is 32.1. The zero-order valence-corrected chi connectivity index (χ0v) is 14.3. The second-order valence-electron chi connectivity index (χ2n) is 5.33. The van der Waals surface area contributed by atoms with Gasteiger partial charge in [-0.05, 0) is 48.6 Å². The van der Waals surface area contributed by atoms with Gasteiger partial charge in [0, 0.05) is 5.56 Å². The van der Waals surface area contributed by atoms with Crippen molar-refractivity contribution in [2.45, 2.75) is 0 Å².